The maximum Gasteiger partial charge on any atom is 0.264 e. The zero-order valence-corrected chi connectivity index (χ0v) is 16.1. The molecule has 2 aromatic rings. The Labute approximate surface area is 151 Å². The summed E-state index contributed by atoms with van der Waals surface area (Å²) in [4.78, 5) is 18.0. The Morgan fingerprint density at radius 2 is 1.95 bits per heavy atom. The number of amides is 1. The molecule has 3 nitrogen and oxygen atoms in total. The number of nitrogens with zero attached hydrogens (tertiary/aromatic N) is 2. The van der Waals surface area contributed by atoms with Crippen molar-refractivity contribution in [1.82, 2.24) is 9.80 Å². The van der Waals surface area contributed by atoms with E-state index in [1.807, 2.05) is 29.2 Å². The van der Waals surface area contributed by atoms with Gasteiger partial charge < -0.3 is 9.80 Å². The monoisotopic (exact) mass is 442 g/mol. The highest BCUT2D eigenvalue weighted by atomic mass is 79.9. The van der Waals surface area contributed by atoms with E-state index in [4.69, 9.17) is 0 Å². The Balaban J connectivity index is 1.91. The first-order chi connectivity index (χ1) is 10.6. The number of carbonyl (C=O) groups excluding carboxylic acids is 1. The maximum absolute atomic E-state index is 12.9. The second-order valence-corrected chi connectivity index (χ2v) is 8.64. The second-order valence-electron chi connectivity index (χ2n) is 5.42. The Morgan fingerprint density at radius 3 is 2.59 bits per heavy atom. The molecule has 1 aliphatic heterocycles. The first-order valence-electron chi connectivity index (χ1n) is 7.05. The summed E-state index contributed by atoms with van der Waals surface area (Å²) in [5.41, 5.74) is 1.19. The van der Waals surface area contributed by atoms with Gasteiger partial charge in [0.25, 0.3) is 5.91 Å². The van der Waals surface area contributed by atoms with Gasteiger partial charge in [-0.1, -0.05) is 30.3 Å². The molecule has 116 valence electrons. The molecule has 0 saturated carbocycles. The fourth-order valence-electron chi connectivity index (χ4n) is 2.72. The summed E-state index contributed by atoms with van der Waals surface area (Å²) in [7, 11) is 2.11. The lowest BCUT2D eigenvalue weighted by molar-refractivity contribution is 0.0503. The van der Waals surface area contributed by atoms with E-state index in [2.05, 4.69) is 55.9 Å². The fourth-order valence-corrected chi connectivity index (χ4v) is 4.71. The molecule has 0 bridgehead atoms. The zero-order valence-electron chi connectivity index (χ0n) is 12.1. The third kappa shape index (κ3) is 3.30. The minimum atomic E-state index is 0.104. The van der Waals surface area contributed by atoms with Crippen molar-refractivity contribution in [3.8, 4) is 0 Å². The van der Waals surface area contributed by atoms with Crippen LogP contribution in [0.5, 0.6) is 0 Å². The summed E-state index contributed by atoms with van der Waals surface area (Å²) in [6.45, 7) is 2.52. The SMILES string of the molecule is CN1CCN(C(=O)c2cc(Br)c(Br)s2)[C@H](c2ccccc2)C1. The highest BCUT2D eigenvalue weighted by Crippen LogP contribution is 2.35. The Bertz CT molecular complexity index is 655. The average Bonchev–Trinajstić information content (AvgIpc) is 2.87. The lowest BCUT2D eigenvalue weighted by Crippen LogP contribution is -2.49. The van der Waals surface area contributed by atoms with Crippen LogP contribution in [0.3, 0.4) is 0 Å². The number of halogens is 2. The van der Waals surface area contributed by atoms with Gasteiger partial charge in [-0.15, -0.1) is 11.3 Å². The summed E-state index contributed by atoms with van der Waals surface area (Å²) in [5, 5.41) is 0. The molecule has 3 rings (SSSR count). The molecule has 1 amide bonds. The molecular weight excluding hydrogens is 428 g/mol. The predicted molar refractivity (Wildman–Crippen MR) is 97.4 cm³/mol. The van der Waals surface area contributed by atoms with Gasteiger partial charge in [0.1, 0.15) is 0 Å². The number of hydrogen-bond donors (Lipinski definition) is 0. The second kappa shape index (κ2) is 6.83. The summed E-state index contributed by atoms with van der Waals surface area (Å²) >= 11 is 8.41. The van der Waals surface area contributed by atoms with E-state index in [0.29, 0.717) is 0 Å². The van der Waals surface area contributed by atoms with Crippen molar-refractivity contribution < 1.29 is 4.79 Å². The van der Waals surface area contributed by atoms with Crippen molar-refractivity contribution in [2.75, 3.05) is 26.7 Å². The lowest BCUT2D eigenvalue weighted by atomic mass is 10.0. The van der Waals surface area contributed by atoms with E-state index >= 15 is 0 Å². The third-order valence-electron chi connectivity index (χ3n) is 3.88. The number of benzene rings is 1. The number of thiophene rings is 1. The number of piperazine rings is 1. The van der Waals surface area contributed by atoms with Gasteiger partial charge >= 0.3 is 0 Å². The molecule has 0 spiro atoms. The lowest BCUT2D eigenvalue weighted by Gasteiger charge is -2.40. The number of carbonyl (C=O) groups is 1. The molecular formula is C16H16Br2N2OS. The molecule has 1 aromatic heterocycles. The molecule has 1 aliphatic rings. The molecule has 22 heavy (non-hydrogen) atoms. The minimum absolute atomic E-state index is 0.104. The summed E-state index contributed by atoms with van der Waals surface area (Å²) in [6, 6.07) is 12.3. The van der Waals surface area contributed by atoms with Gasteiger partial charge in [0.05, 0.1) is 14.7 Å². The van der Waals surface area contributed by atoms with E-state index < -0.39 is 0 Å². The van der Waals surface area contributed by atoms with Gasteiger partial charge in [-0.05, 0) is 50.5 Å². The molecule has 0 radical (unpaired) electrons. The van der Waals surface area contributed by atoms with Crippen LogP contribution in [-0.2, 0) is 0 Å². The fraction of sp³-hybridized carbons (Fsp3) is 0.312. The van der Waals surface area contributed by atoms with Crippen molar-refractivity contribution in [1.29, 1.82) is 0 Å². The summed E-state index contributed by atoms with van der Waals surface area (Å²) < 4.78 is 1.90. The Morgan fingerprint density at radius 1 is 1.23 bits per heavy atom. The van der Waals surface area contributed by atoms with Crippen molar-refractivity contribution >= 4 is 49.1 Å². The quantitative estimate of drug-likeness (QED) is 0.686. The number of hydrogen-bond acceptors (Lipinski definition) is 3. The van der Waals surface area contributed by atoms with Crippen molar-refractivity contribution in [2.45, 2.75) is 6.04 Å². The topological polar surface area (TPSA) is 23.6 Å². The standard InChI is InChI=1S/C16H16Br2N2OS/c1-19-7-8-20(13(10-19)11-5-3-2-4-6-11)16(21)14-9-12(17)15(18)22-14/h2-6,9,13H,7-8,10H2,1H3/t13-/m0/s1. The van der Waals surface area contributed by atoms with Gasteiger partial charge in [0, 0.05) is 24.1 Å². The highest BCUT2D eigenvalue weighted by Gasteiger charge is 2.31. The van der Waals surface area contributed by atoms with E-state index in [1.165, 1.54) is 16.9 Å². The molecule has 1 aromatic carbocycles. The van der Waals surface area contributed by atoms with E-state index in [9.17, 15) is 4.79 Å². The van der Waals surface area contributed by atoms with Gasteiger partial charge in [0.2, 0.25) is 0 Å². The van der Waals surface area contributed by atoms with Gasteiger partial charge in [-0.2, -0.15) is 0 Å². The highest BCUT2D eigenvalue weighted by molar-refractivity contribution is 9.13. The van der Waals surface area contributed by atoms with Gasteiger partial charge in [-0.25, -0.2) is 0 Å². The minimum Gasteiger partial charge on any atom is -0.328 e. The van der Waals surface area contributed by atoms with Crippen molar-refractivity contribution in [3.63, 3.8) is 0 Å². The van der Waals surface area contributed by atoms with Crippen molar-refractivity contribution in [3.05, 3.63) is 55.1 Å². The van der Waals surface area contributed by atoms with Crippen LogP contribution in [0.2, 0.25) is 0 Å². The predicted octanol–water partition coefficient (Wildman–Crippen LogP) is 4.40. The molecule has 2 heterocycles. The molecule has 0 unspecified atom stereocenters. The molecule has 0 N–H and O–H groups in total. The van der Waals surface area contributed by atoms with Crippen LogP contribution in [0.15, 0.2) is 44.7 Å². The largest absolute Gasteiger partial charge is 0.328 e. The third-order valence-corrected chi connectivity index (χ3v) is 7.13. The van der Waals surface area contributed by atoms with Crippen LogP contribution in [0.4, 0.5) is 0 Å². The van der Waals surface area contributed by atoms with E-state index in [-0.39, 0.29) is 11.9 Å². The Hall–Kier alpha value is -0.690. The summed E-state index contributed by atoms with van der Waals surface area (Å²) in [6.07, 6.45) is 0. The molecule has 0 aliphatic carbocycles. The van der Waals surface area contributed by atoms with Crippen LogP contribution in [0.25, 0.3) is 0 Å². The van der Waals surface area contributed by atoms with Crippen LogP contribution >= 0.6 is 43.2 Å². The molecule has 6 heteroatoms. The first kappa shape index (κ1) is 16.2. The van der Waals surface area contributed by atoms with Crippen LogP contribution < -0.4 is 0 Å². The number of rotatable bonds is 2. The average molecular weight is 444 g/mol. The molecule has 1 atom stereocenters. The maximum atomic E-state index is 12.9. The normalized spacial score (nSPS) is 19.4. The first-order valence-corrected chi connectivity index (χ1v) is 9.46. The smallest absolute Gasteiger partial charge is 0.264 e. The molecule has 1 saturated heterocycles. The van der Waals surface area contributed by atoms with E-state index in [1.54, 1.807) is 0 Å². The number of likely N-dealkylation sites (N-methyl/N-ethyl adjacent to an activating group) is 1. The van der Waals surface area contributed by atoms with Gasteiger partial charge in [0.15, 0.2) is 0 Å². The summed E-state index contributed by atoms with van der Waals surface area (Å²) in [5.74, 6) is 0.110. The Kier molecular flexibility index (Phi) is 5.02. The van der Waals surface area contributed by atoms with Gasteiger partial charge in [-0.3, -0.25) is 4.79 Å². The van der Waals surface area contributed by atoms with E-state index in [0.717, 1.165) is 32.8 Å². The van der Waals surface area contributed by atoms with Crippen LogP contribution in [0, 0.1) is 0 Å². The van der Waals surface area contributed by atoms with Crippen LogP contribution in [-0.4, -0.2) is 42.4 Å². The van der Waals surface area contributed by atoms with Crippen LogP contribution in [0.1, 0.15) is 21.3 Å². The molecule has 1 fully saturated rings. The zero-order chi connectivity index (χ0) is 15.7. The van der Waals surface area contributed by atoms with Crippen molar-refractivity contribution in [2.24, 2.45) is 0 Å².